The van der Waals surface area contributed by atoms with Gasteiger partial charge in [0.15, 0.2) is 5.78 Å². The van der Waals surface area contributed by atoms with Crippen LogP contribution in [0.15, 0.2) is 48.5 Å². The second kappa shape index (κ2) is 10.1. The molecule has 2 aromatic rings. The molecule has 0 radical (unpaired) electrons. The van der Waals surface area contributed by atoms with Gasteiger partial charge in [-0.2, -0.15) is 0 Å². The average molecular weight is 455 g/mol. The second-order valence-electron chi connectivity index (χ2n) is 9.35. The Balaban J connectivity index is 1.42. The molecule has 2 aliphatic carbocycles. The highest BCUT2D eigenvalue weighted by Gasteiger charge is 2.45. The summed E-state index contributed by atoms with van der Waals surface area (Å²) in [7, 11) is 0. The molecule has 1 unspecified atom stereocenters. The van der Waals surface area contributed by atoms with E-state index in [1.807, 2.05) is 12.1 Å². The van der Waals surface area contributed by atoms with Crippen molar-refractivity contribution in [2.24, 2.45) is 5.92 Å². The van der Waals surface area contributed by atoms with Gasteiger partial charge in [0, 0.05) is 18.5 Å². The number of fused-ring (bicyclic) bond motifs is 1. The van der Waals surface area contributed by atoms with Gasteiger partial charge in [-0.1, -0.05) is 67.5 Å². The fourth-order valence-electron chi connectivity index (χ4n) is 4.83. The van der Waals surface area contributed by atoms with Crippen LogP contribution in [-0.2, 0) is 28.0 Å². The van der Waals surface area contributed by atoms with Crippen LogP contribution in [0, 0.1) is 18.3 Å². The highest BCUT2D eigenvalue weighted by atomic mass is 16.2. The Morgan fingerprint density at radius 2 is 1.82 bits per heavy atom. The molecular formula is C29H30N2O3. The third kappa shape index (κ3) is 5.12. The number of hydrogen-bond donors (Lipinski definition) is 2. The lowest BCUT2D eigenvalue weighted by molar-refractivity contribution is -0.139. The van der Waals surface area contributed by atoms with Crippen LogP contribution >= 0.6 is 0 Å². The Kier molecular flexibility index (Phi) is 6.98. The van der Waals surface area contributed by atoms with E-state index >= 15 is 0 Å². The third-order valence-corrected chi connectivity index (χ3v) is 6.90. The van der Waals surface area contributed by atoms with E-state index in [0.717, 1.165) is 25.7 Å². The summed E-state index contributed by atoms with van der Waals surface area (Å²) in [6, 6.07) is 13.8. The van der Waals surface area contributed by atoms with Gasteiger partial charge in [0.1, 0.15) is 0 Å². The summed E-state index contributed by atoms with van der Waals surface area (Å²) < 4.78 is 0. The van der Waals surface area contributed by atoms with Crippen LogP contribution in [0.4, 0.5) is 0 Å². The molecular weight excluding hydrogens is 424 g/mol. The van der Waals surface area contributed by atoms with E-state index < -0.39 is 11.8 Å². The van der Waals surface area contributed by atoms with Gasteiger partial charge < -0.3 is 10.6 Å². The maximum absolute atomic E-state index is 13.2. The maximum atomic E-state index is 13.2. The minimum Gasteiger partial charge on any atom is -0.344 e. The van der Waals surface area contributed by atoms with Crippen LogP contribution in [0.5, 0.6) is 0 Å². The van der Waals surface area contributed by atoms with Crippen LogP contribution in [0.3, 0.4) is 0 Å². The first kappa shape index (κ1) is 23.5. The average Bonchev–Trinajstić information content (AvgIpc) is 3.65. The van der Waals surface area contributed by atoms with Crippen molar-refractivity contribution in [3.8, 4) is 12.3 Å². The van der Waals surface area contributed by atoms with Crippen molar-refractivity contribution < 1.29 is 14.4 Å². The summed E-state index contributed by atoms with van der Waals surface area (Å²) in [5.74, 6) is 1.31. The van der Waals surface area contributed by atoms with Gasteiger partial charge in [-0.15, -0.1) is 6.42 Å². The number of benzene rings is 2. The molecule has 5 nitrogen and oxygen atoms in total. The molecule has 2 aromatic carbocycles. The number of Topliss-reactive ketones (excluding diaryl/α,β-unsaturated/α-hetero) is 1. The Hall–Kier alpha value is -3.65. The molecule has 174 valence electrons. The van der Waals surface area contributed by atoms with Crippen LogP contribution < -0.4 is 10.6 Å². The zero-order valence-electron chi connectivity index (χ0n) is 19.5. The number of ketones is 1. The van der Waals surface area contributed by atoms with Crippen molar-refractivity contribution in [3.05, 3.63) is 76.4 Å². The molecule has 2 aliphatic rings. The lowest BCUT2D eigenvalue weighted by atomic mass is 9.80. The SMILES string of the molecule is C#CCNC(=O)C(=O)NCc1ccccc1C(=O)CCC1(c2cccc3c2C=CC(C)C3)CC1. The molecule has 1 fully saturated rings. The number of carbonyl (C=O) groups excluding carboxylic acids is 3. The lowest BCUT2D eigenvalue weighted by Gasteiger charge is -2.24. The smallest absolute Gasteiger partial charge is 0.310 e. The largest absolute Gasteiger partial charge is 0.344 e. The number of carbonyl (C=O) groups is 3. The topological polar surface area (TPSA) is 75.3 Å². The van der Waals surface area contributed by atoms with Crippen LogP contribution in [-0.4, -0.2) is 24.1 Å². The molecule has 2 amide bonds. The van der Waals surface area contributed by atoms with E-state index in [4.69, 9.17) is 6.42 Å². The van der Waals surface area contributed by atoms with E-state index in [-0.39, 0.29) is 24.3 Å². The molecule has 0 heterocycles. The molecule has 0 aliphatic heterocycles. The van der Waals surface area contributed by atoms with Crippen molar-refractivity contribution in [2.75, 3.05) is 6.54 Å². The minimum atomic E-state index is -0.785. The van der Waals surface area contributed by atoms with Gasteiger partial charge >= 0.3 is 11.8 Å². The van der Waals surface area contributed by atoms with Gasteiger partial charge in [0.25, 0.3) is 0 Å². The standard InChI is InChI=1S/C29H30N2O3/c1-3-17-30-27(33)28(34)31-19-22-7-4-5-9-24(22)26(32)13-14-29(15-16-29)25-10-6-8-21-18-20(2)11-12-23(21)25/h1,4-12,20H,13-19H2,2H3,(H,30,33)(H,31,34). The first-order valence-corrected chi connectivity index (χ1v) is 11.8. The number of rotatable bonds is 8. The fraction of sp³-hybridized carbons (Fsp3) is 0.345. The molecule has 0 bridgehead atoms. The second-order valence-corrected chi connectivity index (χ2v) is 9.35. The van der Waals surface area contributed by atoms with Gasteiger partial charge in [0.2, 0.25) is 0 Å². The zero-order chi connectivity index (χ0) is 24.1. The summed E-state index contributed by atoms with van der Waals surface area (Å²) in [4.78, 5) is 36.9. The lowest BCUT2D eigenvalue weighted by Crippen LogP contribution is -2.39. The fourth-order valence-corrected chi connectivity index (χ4v) is 4.83. The van der Waals surface area contributed by atoms with Crippen LogP contribution in [0.25, 0.3) is 6.08 Å². The Morgan fingerprint density at radius 3 is 2.59 bits per heavy atom. The Bertz CT molecular complexity index is 1180. The van der Waals surface area contributed by atoms with E-state index in [1.54, 1.807) is 12.1 Å². The van der Waals surface area contributed by atoms with E-state index in [1.165, 1.54) is 16.7 Å². The number of amides is 2. The summed E-state index contributed by atoms with van der Waals surface area (Å²) >= 11 is 0. The quantitative estimate of drug-likeness (QED) is 0.360. The molecule has 0 saturated heterocycles. The van der Waals surface area contributed by atoms with Crippen molar-refractivity contribution in [2.45, 2.75) is 51.0 Å². The normalized spacial score (nSPS) is 17.2. The van der Waals surface area contributed by atoms with E-state index in [2.05, 4.69) is 53.8 Å². The van der Waals surface area contributed by atoms with Crippen molar-refractivity contribution in [3.63, 3.8) is 0 Å². The molecule has 5 heteroatoms. The molecule has 2 N–H and O–H groups in total. The van der Waals surface area contributed by atoms with Crippen molar-refractivity contribution in [1.82, 2.24) is 10.6 Å². The van der Waals surface area contributed by atoms with Crippen molar-refractivity contribution >= 4 is 23.7 Å². The number of allylic oxidation sites excluding steroid dienone is 1. The first-order chi connectivity index (χ1) is 16.4. The number of terminal acetylenes is 1. The van der Waals surface area contributed by atoms with Crippen LogP contribution in [0.1, 0.15) is 65.2 Å². The first-order valence-electron chi connectivity index (χ1n) is 11.8. The van der Waals surface area contributed by atoms with Gasteiger partial charge in [-0.05, 0) is 59.3 Å². The predicted octanol–water partition coefficient (Wildman–Crippen LogP) is 3.95. The van der Waals surface area contributed by atoms with Gasteiger partial charge in [0.05, 0.1) is 6.54 Å². The molecule has 1 saturated carbocycles. The maximum Gasteiger partial charge on any atom is 0.310 e. The highest BCUT2D eigenvalue weighted by molar-refractivity contribution is 6.35. The summed E-state index contributed by atoms with van der Waals surface area (Å²) in [6.45, 7) is 2.33. The summed E-state index contributed by atoms with van der Waals surface area (Å²) in [5.41, 5.74) is 5.48. The van der Waals surface area contributed by atoms with Crippen LogP contribution in [0.2, 0.25) is 0 Å². The number of nitrogens with one attached hydrogen (secondary N) is 2. The predicted molar refractivity (Wildman–Crippen MR) is 133 cm³/mol. The Labute approximate surface area is 201 Å². The molecule has 0 aromatic heterocycles. The number of hydrogen-bond acceptors (Lipinski definition) is 3. The molecule has 34 heavy (non-hydrogen) atoms. The van der Waals surface area contributed by atoms with E-state index in [0.29, 0.717) is 23.5 Å². The monoisotopic (exact) mass is 454 g/mol. The summed E-state index contributed by atoms with van der Waals surface area (Å²) in [6.07, 6.45) is 14.2. The molecule has 0 spiro atoms. The van der Waals surface area contributed by atoms with Gasteiger partial charge in [-0.25, -0.2) is 0 Å². The zero-order valence-corrected chi connectivity index (χ0v) is 19.5. The molecule has 1 atom stereocenters. The third-order valence-electron chi connectivity index (χ3n) is 6.90. The minimum absolute atomic E-state index is 0.0114. The molecule has 4 rings (SSSR count). The highest BCUT2D eigenvalue weighted by Crippen LogP contribution is 2.54. The summed E-state index contributed by atoms with van der Waals surface area (Å²) in [5, 5.41) is 4.90. The Morgan fingerprint density at radius 1 is 1.06 bits per heavy atom. The van der Waals surface area contributed by atoms with E-state index in [9.17, 15) is 14.4 Å². The van der Waals surface area contributed by atoms with Gasteiger partial charge in [-0.3, -0.25) is 14.4 Å². The van der Waals surface area contributed by atoms with Crippen molar-refractivity contribution in [1.29, 1.82) is 0 Å².